The van der Waals surface area contributed by atoms with E-state index >= 15 is 0 Å². The normalized spacial score (nSPS) is 15.5. The first-order valence-electron chi connectivity index (χ1n) is 16.2. The lowest BCUT2D eigenvalue weighted by molar-refractivity contribution is -0.123. The van der Waals surface area contributed by atoms with Gasteiger partial charge in [-0.25, -0.2) is 22.0 Å². The molecule has 51 heavy (non-hydrogen) atoms. The Kier molecular flexibility index (Phi) is 12.0. The fraction of sp³-hybridized carbons (Fsp3) is 0.324. The summed E-state index contributed by atoms with van der Waals surface area (Å²) in [7, 11) is -3.11. The SMILES string of the molecule is COC(=O)N[C@H](C(=O)NCc1ccc(C(CO)N(CC2CC(F)(F)C2)S(=O)(=O)c2ccc(C(C)=O)cc2)s1)C(c1ccccc1)c1ccccc1. The van der Waals surface area contributed by atoms with Crippen molar-refractivity contribution in [1.82, 2.24) is 14.9 Å². The first-order valence-corrected chi connectivity index (χ1v) is 18.5. The number of hydrogen-bond donors (Lipinski definition) is 3. The van der Waals surface area contributed by atoms with E-state index in [2.05, 4.69) is 10.6 Å². The van der Waals surface area contributed by atoms with Crippen LogP contribution in [0.4, 0.5) is 13.6 Å². The molecule has 2 amide bonds. The van der Waals surface area contributed by atoms with Gasteiger partial charge in [-0.05, 0) is 48.2 Å². The van der Waals surface area contributed by atoms with E-state index in [0.717, 1.165) is 26.8 Å². The number of carbonyl (C=O) groups is 3. The quantitative estimate of drug-likeness (QED) is 0.129. The van der Waals surface area contributed by atoms with Crippen LogP contribution < -0.4 is 10.6 Å². The van der Waals surface area contributed by atoms with Gasteiger partial charge in [0.05, 0.1) is 31.2 Å². The smallest absolute Gasteiger partial charge is 0.407 e. The van der Waals surface area contributed by atoms with Gasteiger partial charge in [0.15, 0.2) is 5.78 Å². The number of ether oxygens (including phenoxy) is 1. The van der Waals surface area contributed by atoms with E-state index in [1.165, 1.54) is 38.3 Å². The average Bonchev–Trinajstić information content (AvgIpc) is 3.58. The molecule has 3 N–H and O–H groups in total. The third kappa shape index (κ3) is 9.06. The Morgan fingerprint density at radius 1 is 0.941 bits per heavy atom. The molecule has 1 aliphatic carbocycles. The Balaban J connectivity index is 1.39. The number of alkyl halides is 2. The van der Waals surface area contributed by atoms with Crippen molar-refractivity contribution in [3.63, 3.8) is 0 Å². The number of methoxy groups -OCH3 is 1. The van der Waals surface area contributed by atoms with Gasteiger partial charge in [-0.2, -0.15) is 4.31 Å². The lowest BCUT2D eigenvalue weighted by Crippen LogP contribution is -2.50. The molecule has 1 heterocycles. The molecular formula is C37H39F2N3O7S2. The van der Waals surface area contributed by atoms with Crippen molar-refractivity contribution in [2.75, 3.05) is 20.3 Å². The number of hydrogen-bond acceptors (Lipinski definition) is 8. The third-order valence-electron chi connectivity index (χ3n) is 8.84. The van der Waals surface area contributed by atoms with Crippen LogP contribution in [0.2, 0.25) is 0 Å². The first kappa shape index (κ1) is 37.7. The van der Waals surface area contributed by atoms with Crippen molar-refractivity contribution in [3.8, 4) is 0 Å². The zero-order valence-electron chi connectivity index (χ0n) is 28.0. The van der Waals surface area contributed by atoms with E-state index in [1.807, 2.05) is 60.7 Å². The van der Waals surface area contributed by atoms with Gasteiger partial charge in [0.2, 0.25) is 21.9 Å². The highest BCUT2D eigenvalue weighted by Crippen LogP contribution is 2.44. The summed E-state index contributed by atoms with van der Waals surface area (Å²) in [5, 5.41) is 16.1. The van der Waals surface area contributed by atoms with Gasteiger partial charge in [0.25, 0.3) is 0 Å². The standard InChI is InChI=1S/C37H39F2N3O7S2/c1-24(44)26-13-16-30(17-14-26)51(47,48)42(22-25-19-37(38,39)20-25)31(23-43)32-18-15-29(50-32)21-40-35(45)34(41-36(46)49-2)33(27-9-5-3-6-10-27)28-11-7-4-8-12-28/h3-18,25,31,33-34,43H,19-23H2,1-2H3,(H,40,45)(H,41,46)/t31?,34-/m0/s1. The number of nitrogens with one attached hydrogen (secondary N) is 2. The molecule has 1 aromatic heterocycles. The summed E-state index contributed by atoms with van der Waals surface area (Å²) >= 11 is 1.15. The van der Waals surface area contributed by atoms with Crippen LogP contribution in [0.1, 0.15) is 63.0 Å². The van der Waals surface area contributed by atoms with Gasteiger partial charge in [-0.1, -0.05) is 72.8 Å². The monoisotopic (exact) mass is 739 g/mol. The number of nitrogens with zero attached hydrogens (tertiary/aromatic N) is 1. The Hall–Kier alpha value is -4.50. The van der Waals surface area contributed by atoms with Gasteiger partial charge >= 0.3 is 6.09 Å². The zero-order valence-corrected chi connectivity index (χ0v) is 29.6. The topological polar surface area (TPSA) is 142 Å². The van der Waals surface area contributed by atoms with Crippen LogP contribution in [0.15, 0.2) is 102 Å². The van der Waals surface area contributed by atoms with E-state index in [-0.39, 0.29) is 23.8 Å². The molecule has 0 radical (unpaired) electrons. The Labute approximate surface area is 299 Å². The molecule has 14 heteroatoms. The number of thiophene rings is 1. The summed E-state index contributed by atoms with van der Waals surface area (Å²) in [6, 6.07) is 24.9. The second kappa shape index (κ2) is 16.2. The van der Waals surface area contributed by atoms with Gasteiger partial charge in [0, 0.05) is 40.6 Å². The number of sulfonamides is 1. The summed E-state index contributed by atoms with van der Waals surface area (Å²) in [6.07, 6.45) is -1.75. The fourth-order valence-electron chi connectivity index (χ4n) is 6.22. The summed E-state index contributed by atoms with van der Waals surface area (Å²) in [6.45, 7) is 0.473. The minimum Gasteiger partial charge on any atom is -0.453 e. The number of rotatable bonds is 15. The summed E-state index contributed by atoms with van der Waals surface area (Å²) < 4.78 is 61.5. The largest absolute Gasteiger partial charge is 0.453 e. The number of benzene rings is 3. The van der Waals surface area contributed by atoms with Gasteiger partial charge in [-0.15, -0.1) is 11.3 Å². The molecule has 0 saturated heterocycles. The lowest BCUT2D eigenvalue weighted by Gasteiger charge is -2.39. The summed E-state index contributed by atoms with van der Waals surface area (Å²) in [5.41, 5.74) is 1.88. The number of Topliss-reactive ketones (excluding diaryl/α,β-unsaturated/α-hetero) is 1. The lowest BCUT2D eigenvalue weighted by atomic mass is 9.81. The van der Waals surface area contributed by atoms with Crippen LogP contribution in [-0.2, 0) is 26.1 Å². The Morgan fingerprint density at radius 3 is 2.04 bits per heavy atom. The van der Waals surface area contributed by atoms with Crippen molar-refractivity contribution in [2.45, 2.75) is 55.1 Å². The molecule has 5 rings (SSSR count). The summed E-state index contributed by atoms with van der Waals surface area (Å²) in [5.74, 6) is -4.84. The second-order valence-electron chi connectivity index (χ2n) is 12.4. The highest BCUT2D eigenvalue weighted by molar-refractivity contribution is 7.89. The maximum atomic E-state index is 14.0. The van der Waals surface area contributed by atoms with Crippen molar-refractivity contribution in [1.29, 1.82) is 0 Å². The van der Waals surface area contributed by atoms with E-state index in [1.54, 1.807) is 12.1 Å². The van der Waals surface area contributed by atoms with Crippen LogP contribution in [0, 0.1) is 5.92 Å². The number of aliphatic hydroxyl groups excluding tert-OH is 1. The molecule has 1 unspecified atom stereocenters. The van der Waals surface area contributed by atoms with E-state index in [0.29, 0.717) is 15.3 Å². The fourth-order valence-corrected chi connectivity index (χ4v) is 9.02. The number of halogens is 2. The number of aliphatic hydroxyl groups is 1. The molecule has 3 aromatic carbocycles. The molecule has 0 bridgehead atoms. The highest BCUT2D eigenvalue weighted by atomic mass is 32.2. The highest BCUT2D eigenvalue weighted by Gasteiger charge is 2.48. The maximum absolute atomic E-state index is 14.0. The number of alkyl carbamates (subject to hydrolysis) is 1. The van der Waals surface area contributed by atoms with Crippen LogP contribution in [0.3, 0.4) is 0 Å². The number of carbonyl (C=O) groups excluding carboxylic acids is 3. The van der Waals surface area contributed by atoms with Crippen molar-refractivity contribution < 1.29 is 41.4 Å². The molecule has 1 saturated carbocycles. The number of amides is 2. The van der Waals surface area contributed by atoms with Crippen LogP contribution in [-0.4, -0.2) is 67.8 Å². The molecule has 0 aliphatic heterocycles. The van der Waals surface area contributed by atoms with Gasteiger partial charge in [-0.3, -0.25) is 9.59 Å². The van der Waals surface area contributed by atoms with Gasteiger partial charge in [0.1, 0.15) is 6.04 Å². The van der Waals surface area contributed by atoms with E-state index in [9.17, 15) is 36.7 Å². The maximum Gasteiger partial charge on any atom is 0.407 e. The molecule has 270 valence electrons. The minimum absolute atomic E-state index is 0.00536. The molecular weight excluding hydrogens is 701 g/mol. The van der Waals surface area contributed by atoms with E-state index < -0.39 is 71.3 Å². The first-order chi connectivity index (χ1) is 24.3. The molecule has 4 aromatic rings. The summed E-state index contributed by atoms with van der Waals surface area (Å²) in [4.78, 5) is 39.0. The predicted molar refractivity (Wildman–Crippen MR) is 188 cm³/mol. The van der Waals surface area contributed by atoms with Crippen LogP contribution >= 0.6 is 11.3 Å². The number of ketones is 1. The molecule has 2 atom stereocenters. The van der Waals surface area contributed by atoms with Crippen molar-refractivity contribution >= 4 is 39.1 Å². The predicted octanol–water partition coefficient (Wildman–Crippen LogP) is 5.89. The second-order valence-corrected chi connectivity index (χ2v) is 15.5. The molecule has 1 fully saturated rings. The Morgan fingerprint density at radius 2 is 1.53 bits per heavy atom. The molecule has 1 aliphatic rings. The van der Waals surface area contributed by atoms with Crippen molar-refractivity contribution in [3.05, 3.63) is 124 Å². The molecule has 0 spiro atoms. The van der Waals surface area contributed by atoms with E-state index in [4.69, 9.17) is 4.74 Å². The van der Waals surface area contributed by atoms with Crippen LogP contribution in [0.5, 0.6) is 0 Å². The molecule has 10 nitrogen and oxygen atoms in total. The van der Waals surface area contributed by atoms with Gasteiger partial charge < -0.3 is 20.5 Å². The average molecular weight is 740 g/mol. The van der Waals surface area contributed by atoms with Crippen LogP contribution in [0.25, 0.3) is 0 Å². The Bertz CT molecular complexity index is 1880. The van der Waals surface area contributed by atoms with Crippen molar-refractivity contribution in [2.24, 2.45) is 5.92 Å². The minimum atomic E-state index is -4.31. The zero-order chi connectivity index (χ0) is 36.8. The third-order valence-corrected chi connectivity index (χ3v) is 11.9.